The average Bonchev–Trinajstić information content (AvgIpc) is 2.91. The molecule has 0 spiro atoms. The first kappa shape index (κ1) is 13.2. The van der Waals surface area contributed by atoms with Crippen LogP contribution < -0.4 is 4.74 Å². The van der Waals surface area contributed by atoms with Crippen molar-refractivity contribution >= 4 is 17.6 Å². The van der Waals surface area contributed by atoms with Crippen molar-refractivity contribution in [2.24, 2.45) is 0 Å². The van der Waals surface area contributed by atoms with E-state index in [1.54, 1.807) is 12.1 Å². The molecule has 0 aliphatic heterocycles. The number of methoxy groups -OCH3 is 1. The molecule has 3 nitrogen and oxygen atoms in total. The molecule has 18 heavy (non-hydrogen) atoms. The number of esters is 1. The molecule has 1 aliphatic rings. The highest BCUT2D eigenvalue weighted by molar-refractivity contribution is 6.29. The van der Waals surface area contributed by atoms with Crippen molar-refractivity contribution in [2.75, 3.05) is 7.11 Å². The van der Waals surface area contributed by atoms with E-state index in [0.29, 0.717) is 6.10 Å². The van der Waals surface area contributed by atoms with Gasteiger partial charge >= 0.3 is 5.97 Å². The van der Waals surface area contributed by atoms with Crippen LogP contribution >= 0.6 is 11.6 Å². The van der Waals surface area contributed by atoms with Gasteiger partial charge in [-0.15, -0.1) is 11.6 Å². The quantitative estimate of drug-likeness (QED) is 0.620. The third-order valence-corrected chi connectivity index (χ3v) is 3.62. The molecule has 0 N–H and O–H groups in total. The third-order valence-electron chi connectivity index (χ3n) is 3.19. The van der Waals surface area contributed by atoms with Gasteiger partial charge in [0.25, 0.3) is 0 Å². The number of carbonyl (C=O) groups excluding carboxylic acids is 1. The molecule has 0 radical (unpaired) electrons. The molecule has 2 rings (SSSR count). The summed E-state index contributed by atoms with van der Waals surface area (Å²) in [6.07, 6.45) is 5.08. The molecule has 0 aromatic heterocycles. The summed E-state index contributed by atoms with van der Waals surface area (Å²) in [6, 6.07) is 7.32. The van der Waals surface area contributed by atoms with Gasteiger partial charge in [0.2, 0.25) is 0 Å². The molecule has 1 fully saturated rings. The van der Waals surface area contributed by atoms with Crippen LogP contribution in [-0.2, 0) is 9.53 Å². The van der Waals surface area contributed by atoms with Gasteiger partial charge in [-0.2, -0.15) is 0 Å². The number of benzene rings is 1. The van der Waals surface area contributed by atoms with E-state index < -0.39 is 11.3 Å². The summed E-state index contributed by atoms with van der Waals surface area (Å²) in [5.41, 5.74) is 0.724. The van der Waals surface area contributed by atoms with Crippen molar-refractivity contribution in [3.8, 4) is 5.75 Å². The van der Waals surface area contributed by atoms with Crippen LogP contribution in [0.5, 0.6) is 5.75 Å². The minimum atomic E-state index is -0.754. The number of rotatable bonds is 4. The molecule has 4 heteroatoms. The Morgan fingerprint density at radius 3 is 2.44 bits per heavy atom. The summed E-state index contributed by atoms with van der Waals surface area (Å²) in [7, 11) is 1.33. The fourth-order valence-corrected chi connectivity index (χ4v) is 2.39. The number of hydrogen-bond donors (Lipinski definition) is 0. The molecular formula is C14H17ClO3. The van der Waals surface area contributed by atoms with Gasteiger partial charge in [-0.05, 0) is 43.4 Å². The minimum Gasteiger partial charge on any atom is -0.490 e. The second kappa shape index (κ2) is 6.10. The normalized spacial score (nSPS) is 17.4. The molecule has 1 aromatic carbocycles. The second-order valence-corrected chi connectivity index (χ2v) is 4.92. The van der Waals surface area contributed by atoms with E-state index in [0.717, 1.165) is 24.2 Å². The van der Waals surface area contributed by atoms with Crippen molar-refractivity contribution in [3.05, 3.63) is 29.8 Å². The zero-order valence-corrected chi connectivity index (χ0v) is 11.2. The summed E-state index contributed by atoms with van der Waals surface area (Å²) in [5.74, 6) is 0.389. The molecule has 98 valence electrons. The number of carbonyl (C=O) groups is 1. The fraction of sp³-hybridized carbons (Fsp3) is 0.500. The van der Waals surface area contributed by atoms with Crippen LogP contribution in [0.2, 0.25) is 0 Å². The van der Waals surface area contributed by atoms with E-state index in [2.05, 4.69) is 4.74 Å². The second-order valence-electron chi connectivity index (χ2n) is 4.48. The van der Waals surface area contributed by atoms with Gasteiger partial charge in [0, 0.05) is 0 Å². The summed E-state index contributed by atoms with van der Waals surface area (Å²) in [6.45, 7) is 0. The summed E-state index contributed by atoms with van der Waals surface area (Å²) in [5, 5.41) is -0.754. The topological polar surface area (TPSA) is 35.5 Å². The van der Waals surface area contributed by atoms with E-state index in [1.807, 2.05) is 12.1 Å². The summed E-state index contributed by atoms with van der Waals surface area (Å²) >= 11 is 5.96. The Morgan fingerprint density at radius 1 is 1.28 bits per heavy atom. The molecule has 1 atom stereocenters. The minimum absolute atomic E-state index is 0.336. The predicted octanol–water partition coefficient (Wildman–Crippen LogP) is 3.46. The van der Waals surface area contributed by atoms with Gasteiger partial charge in [-0.1, -0.05) is 12.1 Å². The monoisotopic (exact) mass is 268 g/mol. The van der Waals surface area contributed by atoms with E-state index in [-0.39, 0.29) is 0 Å². The van der Waals surface area contributed by atoms with Crippen LogP contribution in [0.25, 0.3) is 0 Å². The lowest BCUT2D eigenvalue weighted by Crippen LogP contribution is -2.11. The van der Waals surface area contributed by atoms with Crippen molar-refractivity contribution in [3.63, 3.8) is 0 Å². The molecule has 1 aliphatic carbocycles. The van der Waals surface area contributed by atoms with Gasteiger partial charge < -0.3 is 9.47 Å². The lowest BCUT2D eigenvalue weighted by Gasteiger charge is -2.14. The van der Waals surface area contributed by atoms with E-state index in [9.17, 15) is 4.79 Å². The van der Waals surface area contributed by atoms with Crippen molar-refractivity contribution in [2.45, 2.75) is 37.2 Å². The van der Waals surface area contributed by atoms with E-state index >= 15 is 0 Å². The Balaban J connectivity index is 1.98. The third kappa shape index (κ3) is 3.16. The molecule has 1 unspecified atom stereocenters. The standard InChI is InChI=1S/C14H17ClO3/c1-17-14(16)13(15)10-6-8-12(9-7-10)18-11-4-2-3-5-11/h6-9,11,13H,2-5H2,1H3. The van der Waals surface area contributed by atoms with Crippen molar-refractivity contribution in [1.82, 2.24) is 0 Å². The largest absolute Gasteiger partial charge is 0.490 e. The van der Waals surface area contributed by atoms with E-state index in [1.165, 1.54) is 20.0 Å². The lowest BCUT2D eigenvalue weighted by molar-refractivity contribution is -0.140. The Kier molecular flexibility index (Phi) is 4.48. The van der Waals surface area contributed by atoms with Crippen molar-refractivity contribution < 1.29 is 14.3 Å². The molecule has 0 heterocycles. The zero-order valence-electron chi connectivity index (χ0n) is 10.4. The number of hydrogen-bond acceptors (Lipinski definition) is 3. The predicted molar refractivity (Wildman–Crippen MR) is 69.9 cm³/mol. The van der Waals surface area contributed by atoms with E-state index in [4.69, 9.17) is 16.3 Å². The Bertz CT molecular complexity index is 396. The van der Waals surface area contributed by atoms with Crippen LogP contribution in [0.4, 0.5) is 0 Å². The van der Waals surface area contributed by atoms with Gasteiger partial charge in [-0.3, -0.25) is 4.79 Å². The molecule has 1 aromatic rings. The molecular weight excluding hydrogens is 252 g/mol. The number of halogens is 1. The van der Waals surface area contributed by atoms with Gasteiger partial charge in [-0.25, -0.2) is 0 Å². The fourth-order valence-electron chi connectivity index (χ4n) is 2.15. The van der Waals surface area contributed by atoms with Crippen LogP contribution in [0, 0.1) is 0 Å². The van der Waals surface area contributed by atoms with Gasteiger partial charge in [0.15, 0.2) is 5.38 Å². The Hall–Kier alpha value is -1.22. The summed E-state index contributed by atoms with van der Waals surface area (Å²) < 4.78 is 10.4. The maximum atomic E-state index is 11.3. The zero-order chi connectivity index (χ0) is 13.0. The molecule has 0 bridgehead atoms. The first-order chi connectivity index (χ1) is 8.70. The molecule has 1 saturated carbocycles. The van der Waals surface area contributed by atoms with Crippen LogP contribution in [-0.4, -0.2) is 19.2 Å². The smallest absolute Gasteiger partial charge is 0.328 e. The maximum Gasteiger partial charge on any atom is 0.328 e. The average molecular weight is 269 g/mol. The molecule has 0 saturated heterocycles. The number of alkyl halides is 1. The molecule has 0 amide bonds. The maximum absolute atomic E-state index is 11.3. The SMILES string of the molecule is COC(=O)C(Cl)c1ccc(OC2CCCC2)cc1. The number of ether oxygens (including phenoxy) is 2. The lowest BCUT2D eigenvalue weighted by atomic mass is 10.1. The highest BCUT2D eigenvalue weighted by Crippen LogP contribution is 2.27. The Labute approximate surface area is 112 Å². The van der Waals surface area contributed by atoms with Gasteiger partial charge in [0.1, 0.15) is 5.75 Å². The van der Waals surface area contributed by atoms with Crippen LogP contribution in [0.1, 0.15) is 36.6 Å². The first-order valence-corrected chi connectivity index (χ1v) is 6.63. The van der Waals surface area contributed by atoms with Crippen LogP contribution in [0.3, 0.4) is 0 Å². The summed E-state index contributed by atoms with van der Waals surface area (Å²) in [4.78, 5) is 11.3. The highest BCUT2D eigenvalue weighted by Gasteiger charge is 2.19. The van der Waals surface area contributed by atoms with Gasteiger partial charge in [0.05, 0.1) is 13.2 Å². The van der Waals surface area contributed by atoms with Crippen LogP contribution in [0.15, 0.2) is 24.3 Å². The first-order valence-electron chi connectivity index (χ1n) is 6.19. The highest BCUT2D eigenvalue weighted by atomic mass is 35.5. The Morgan fingerprint density at radius 2 is 1.89 bits per heavy atom. The van der Waals surface area contributed by atoms with Crippen molar-refractivity contribution in [1.29, 1.82) is 0 Å².